The number of carbonyl (C=O) groups is 4. The van der Waals surface area contributed by atoms with Gasteiger partial charge < -0.3 is 49.3 Å². The molecule has 4 heterocycles. The van der Waals surface area contributed by atoms with Gasteiger partial charge in [0.15, 0.2) is 23.2 Å². The van der Waals surface area contributed by atoms with Gasteiger partial charge in [-0.15, -0.1) is 0 Å². The molecule has 2 aliphatic carbocycles. The van der Waals surface area contributed by atoms with Gasteiger partial charge in [-0.25, -0.2) is 28.0 Å². The molecule has 4 aliphatic rings. The Bertz CT molecular complexity index is 2110. The van der Waals surface area contributed by atoms with Gasteiger partial charge in [0.25, 0.3) is 0 Å². The van der Waals surface area contributed by atoms with Crippen molar-refractivity contribution >= 4 is 57.6 Å². The zero-order valence-electron chi connectivity index (χ0n) is 31.8. The highest BCUT2D eigenvalue weighted by Gasteiger charge is 2.41. The van der Waals surface area contributed by atoms with Gasteiger partial charge in [-0.1, -0.05) is 21.9 Å². The minimum atomic E-state index is -1.00. The fourth-order valence-electron chi connectivity index (χ4n) is 7.67. The first-order valence-electron chi connectivity index (χ1n) is 19.2. The maximum absolute atomic E-state index is 13.5. The molecule has 0 spiro atoms. The van der Waals surface area contributed by atoms with Crippen LogP contribution in [0.25, 0.3) is 21.8 Å². The van der Waals surface area contributed by atoms with Crippen molar-refractivity contribution in [2.24, 2.45) is 0 Å². The van der Waals surface area contributed by atoms with Crippen LogP contribution in [0, 0.1) is 11.6 Å². The highest BCUT2D eigenvalue weighted by molar-refractivity contribution is 6.31. The second-order valence-corrected chi connectivity index (χ2v) is 15.2. The first-order valence-corrected chi connectivity index (χ1v) is 19.6. The summed E-state index contributed by atoms with van der Waals surface area (Å²) in [5.74, 6) is -1.16. The van der Waals surface area contributed by atoms with E-state index in [1.807, 2.05) is 9.80 Å². The fourth-order valence-corrected chi connectivity index (χ4v) is 7.84. The third-order valence-electron chi connectivity index (χ3n) is 10.8. The Hall–Kier alpha value is -5.39. The summed E-state index contributed by atoms with van der Waals surface area (Å²) in [6.07, 6.45) is 6.87. The maximum atomic E-state index is 13.5. The van der Waals surface area contributed by atoms with Gasteiger partial charge in [0.2, 0.25) is 0 Å². The maximum Gasteiger partial charge on any atom is 0.409 e. The van der Waals surface area contributed by atoms with Gasteiger partial charge in [0.1, 0.15) is 11.0 Å². The summed E-state index contributed by atoms with van der Waals surface area (Å²) in [4.78, 5) is 56.8. The van der Waals surface area contributed by atoms with Crippen LogP contribution in [0.5, 0.6) is 0 Å². The summed E-state index contributed by atoms with van der Waals surface area (Å²) >= 11 is 6.06. The van der Waals surface area contributed by atoms with Crippen molar-refractivity contribution in [3.05, 3.63) is 58.5 Å². The summed E-state index contributed by atoms with van der Waals surface area (Å²) in [6.45, 7) is 2.55. The van der Waals surface area contributed by atoms with E-state index in [9.17, 15) is 28.0 Å². The predicted octanol–water partition coefficient (Wildman–Crippen LogP) is 5.97. The Morgan fingerprint density at radius 3 is 1.86 bits per heavy atom. The van der Waals surface area contributed by atoms with Crippen LogP contribution in [0.2, 0.25) is 5.02 Å². The molecule has 2 saturated carbocycles. The second-order valence-electron chi connectivity index (χ2n) is 14.8. The molecule has 0 bridgehead atoms. The molecule has 2 atom stereocenters. The molecule has 2 aliphatic heterocycles. The van der Waals surface area contributed by atoms with E-state index in [0.717, 1.165) is 68.9 Å². The third kappa shape index (κ3) is 9.27. The number of aromatic nitrogens is 2. The largest absolute Gasteiger partial charge is 0.453 e. The molecule has 3 N–H and O–H groups in total. The van der Waals surface area contributed by atoms with Crippen molar-refractivity contribution in [1.82, 2.24) is 45.9 Å². The normalized spacial score (nSPS) is 19.4. The number of methoxy groups -OCH3 is 1. The van der Waals surface area contributed by atoms with Crippen LogP contribution in [0.15, 0.2) is 39.4 Å². The molecule has 2 aromatic heterocycles. The number of halogens is 3. The molecule has 306 valence electrons. The molecular weight excluding hydrogens is 768 g/mol. The van der Waals surface area contributed by atoms with E-state index >= 15 is 0 Å². The van der Waals surface area contributed by atoms with Crippen LogP contribution in [-0.4, -0.2) is 119 Å². The lowest BCUT2D eigenvalue weighted by molar-refractivity contribution is 0.0819. The minimum Gasteiger partial charge on any atom is -0.453 e. The summed E-state index contributed by atoms with van der Waals surface area (Å²) in [5, 5.41) is 17.8. The standard InChI is InChI=1S/C19H23ClN4O4.C19H23F2N5O3/c1-27-19(26)23-8-2-3-14(11-23)24(13-5-6-13)18(25)21-10-17-15-9-12(20)4-7-16(15)22-28-17;1-22-18(27)25-6-2-3-12(10-25)26(11-4-5-11)19(28)23-9-17-13-7-14(20)15(21)8-16(13)24-29-17/h4,7,9,13-14H,2-3,5-6,8,10-11H2,1H3,(H,21,25);7-8,11-12H,2-6,9-10H2,1H3,(H,22,27)(H,23,28)/t14-;12-/m11/s1. The Labute approximate surface area is 332 Å². The van der Waals surface area contributed by atoms with E-state index in [2.05, 4.69) is 26.3 Å². The van der Waals surface area contributed by atoms with E-state index < -0.39 is 11.6 Å². The zero-order valence-corrected chi connectivity index (χ0v) is 32.5. The third-order valence-corrected chi connectivity index (χ3v) is 11.0. The number of amides is 7. The fraction of sp³-hybridized carbons (Fsp3) is 0.526. The Balaban J connectivity index is 0.000000174. The molecule has 4 aromatic rings. The van der Waals surface area contributed by atoms with Crippen LogP contribution < -0.4 is 16.0 Å². The van der Waals surface area contributed by atoms with Gasteiger partial charge in [-0.05, 0) is 75.6 Å². The van der Waals surface area contributed by atoms with Crippen LogP contribution in [0.1, 0.15) is 62.9 Å². The van der Waals surface area contributed by atoms with Crippen LogP contribution in [0.3, 0.4) is 0 Å². The molecule has 16 nitrogen and oxygen atoms in total. The highest BCUT2D eigenvalue weighted by Crippen LogP contribution is 2.33. The zero-order chi connectivity index (χ0) is 40.2. The molecule has 0 unspecified atom stereocenters. The van der Waals surface area contributed by atoms with Gasteiger partial charge in [-0.3, -0.25) is 0 Å². The van der Waals surface area contributed by atoms with E-state index in [1.165, 1.54) is 7.11 Å². The number of nitrogens with one attached hydrogen (secondary N) is 3. The van der Waals surface area contributed by atoms with E-state index in [0.29, 0.717) is 47.9 Å². The molecule has 8 rings (SSSR count). The molecule has 0 radical (unpaired) electrons. The van der Waals surface area contributed by atoms with E-state index in [1.54, 1.807) is 35.0 Å². The Morgan fingerprint density at radius 2 is 1.30 bits per heavy atom. The second kappa shape index (κ2) is 17.4. The van der Waals surface area contributed by atoms with Gasteiger partial charge in [-0.2, -0.15) is 0 Å². The number of piperidine rings is 2. The first-order chi connectivity index (χ1) is 27.5. The van der Waals surface area contributed by atoms with Crippen molar-refractivity contribution in [2.75, 3.05) is 40.3 Å². The number of ether oxygens (including phenoxy) is 1. The van der Waals surface area contributed by atoms with Crippen molar-refractivity contribution in [3.63, 3.8) is 0 Å². The molecule has 2 aromatic carbocycles. The van der Waals surface area contributed by atoms with Crippen molar-refractivity contribution in [3.8, 4) is 0 Å². The van der Waals surface area contributed by atoms with Gasteiger partial charge >= 0.3 is 24.2 Å². The monoisotopic (exact) mass is 813 g/mol. The SMILES string of the molecule is CNC(=O)N1CCC[C@@H](N(C(=O)NCc2onc3cc(F)c(F)cc23)C2CC2)C1.COC(=O)N1CCC[C@@H](N(C(=O)NCc2onc3ccc(Cl)cc23)C2CC2)C1. The number of carbonyl (C=O) groups excluding carboxylic acids is 4. The molecule has 7 amide bonds. The number of fused-ring (bicyclic) bond motifs is 2. The molecule has 2 saturated heterocycles. The summed E-state index contributed by atoms with van der Waals surface area (Å²) < 4.78 is 42.2. The van der Waals surface area contributed by atoms with Crippen molar-refractivity contribution in [2.45, 2.75) is 88.6 Å². The van der Waals surface area contributed by atoms with Crippen molar-refractivity contribution < 1.29 is 41.7 Å². The average Bonchev–Trinajstić information content (AvgIpc) is 4.16. The van der Waals surface area contributed by atoms with Crippen LogP contribution in [-0.2, 0) is 17.8 Å². The Kier molecular flexibility index (Phi) is 12.2. The van der Waals surface area contributed by atoms with Gasteiger partial charge in [0.05, 0.1) is 32.3 Å². The number of hydrogen-bond acceptors (Lipinski definition) is 9. The van der Waals surface area contributed by atoms with Crippen molar-refractivity contribution in [1.29, 1.82) is 0 Å². The van der Waals surface area contributed by atoms with Crippen LogP contribution >= 0.6 is 11.6 Å². The lowest BCUT2D eigenvalue weighted by Gasteiger charge is -2.39. The van der Waals surface area contributed by atoms with E-state index in [4.69, 9.17) is 25.4 Å². The molecule has 57 heavy (non-hydrogen) atoms. The predicted molar refractivity (Wildman–Crippen MR) is 203 cm³/mol. The minimum absolute atomic E-state index is 0.00943. The summed E-state index contributed by atoms with van der Waals surface area (Å²) in [6, 6.07) is 7.05. The van der Waals surface area contributed by atoms with Gasteiger partial charge in [0, 0.05) is 67.2 Å². The quantitative estimate of drug-likeness (QED) is 0.193. The number of hydrogen-bond donors (Lipinski definition) is 3. The molecule has 19 heteroatoms. The number of rotatable bonds is 8. The smallest absolute Gasteiger partial charge is 0.409 e. The lowest BCUT2D eigenvalue weighted by atomic mass is 10.0. The van der Waals surface area contributed by atoms with Crippen LogP contribution in [0.4, 0.5) is 28.0 Å². The van der Waals surface area contributed by atoms with E-state index in [-0.39, 0.29) is 72.7 Å². The summed E-state index contributed by atoms with van der Waals surface area (Å²) in [7, 11) is 2.97. The lowest BCUT2D eigenvalue weighted by Crippen LogP contribution is -2.56. The number of likely N-dealkylation sites (tertiary alicyclic amines) is 2. The Morgan fingerprint density at radius 1 is 0.772 bits per heavy atom. The number of benzene rings is 2. The molecule has 4 fully saturated rings. The number of urea groups is 3. The first kappa shape index (κ1) is 39.8. The molecular formula is C38H46ClF2N9O7. The summed E-state index contributed by atoms with van der Waals surface area (Å²) in [5.41, 5.74) is 0.898. The highest BCUT2D eigenvalue weighted by atomic mass is 35.5. The topological polar surface area (TPSA) is 179 Å². The number of nitrogens with zero attached hydrogens (tertiary/aromatic N) is 6. The average molecular weight is 814 g/mol.